The Kier molecular flexibility index (Phi) is 4.63. The molecular weight excluding hydrogens is 485 g/mol. The molecule has 6 rings (SSSR count). The van der Waals surface area contributed by atoms with Crippen LogP contribution in [-0.2, 0) is 21.5 Å². The highest BCUT2D eigenvalue weighted by molar-refractivity contribution is 6.02. The van der Waals surface area contributed by atoms with Crippen LogP contribution < -0.4 is 10.5 Å². The highest BCUT2D eigenvalue weighted by Crippen LogP contribution is 2.65. The Bertz CT molecular complexity index is 1580. The number of alkyl halides is 3. The molecule has 3 aromatic rings. The molecule has 37 heavy (non-hydrogen) atoms. The van der Waals surface area contributed by atoms with Crippen molar-refractivity contribution in [3.05, 3.63) is 82.9 Å². The Balaban J connectivity index is 1.66. The summed E-state index contributed by atoms with van der Waals surface area (Å²) in [6.07, 6.45) is -4.63. The molecule has 190 valence electrons. The average Bonchev–Trinajstić information content (AvgIpc) is 3.36. The minimum absolute atomic E-state index is 0.116. The zero-order chi connectivity index (χ0) is 26.5. The number of anilines is 1. The van der Waals surface area contributed by atoms with Crippen molar-refractivity contribution in [1.82, 2.24) is 14.5 Å². The van der Waals surface area contributed by atoms with Crippen molar-refractivity contribution < 1.29 is 22.8 Å². The fourth-order valence-electron chi connectivity index (χ4n) is 6.52. The number of benzene rings is 2. The highest BCUT2D eigenvalue weighted by atomic mass is 19.4. The summed E-state index contributed by atoms with van der Waals surface area (Å²) in [5.41, 5.74) is -1.29. The van der Waals surface area contributed by atoms with Gasteiger partial charge in [-0.3, -0.25) is 23.9 Å². The quantitative estimate of drug-likeness (QED) is 0.489. The number of amides is 2. The maximum atomic E-state index is 14.0. The van der Waals surface area contributed by atoms with Gasteiger partial charge >= 0.3 is 12.1 Å². The number of allylic oxidation sites excluding steroid dienone is 1. The van der Waals surface area contributed by atoms with Gasteiger partial charge in [0.2, 0.25) is 5.91 Å². The number of carbonyl (C=O) groups excluding carboxylic acids is 2. The van der Waals surface area contributed by atoms with Gasteiger partial charge in [0.15, 0.2) is 0 Å². The van der Waals surface area contributed by atoms with Crippen LogP contribution in [-0.4, -0.2) is 38.6 Å². The number of nitrogens with zero attached hydrogens (tertiary/aromatic N) is 4. The summed E-state index contributed by atoms with van der Waals surface area (Å²) in [5, 5.41) is 0.353. The van der Waals surface area contributed by atoms with Gasteiger partial charge in [0.05, 0.1) is 22.6 Å². The molecule has 2 aromatic carbocycles. The molecule has 1 fully saturated rings. The van der Waals surface area contributed by atoms with Crippen LogP contribution in [0.25, 0.3) is 10.9 Å². The summed E-state index contributed by atoms with van der Waals surface area (Å²) in [7, 11) is 0. The smallest absolute Gasteiger partial charge is 0.309 e. The first-order valence-corrected chi connectivity index (χ1v) is 11.9. The van der Waals surface area contributed by atoms with Crippen molar-refractivity contribution in [3.63, 3.8) is 0 Å². The lowest BCUT2D eigenvalue weighted by atomic mass is 9.60. The van der Waals surface area contributed by atoms with E-state index < -0.39 is 41.0 Å². The van der Waals surface area contributed by atoms with Gasteiger partial charge in [0.1, 0.15) is 18.5 Å². The van der Waals surface area contributed by atoms with Gasteiger partial charge in [-0.15, -0.1) is 6.58 Å². The monoisotopic (exact) mass is 508 g/mol. The first kappa shape index (κ1) is 23.4. The fourth-order valence-corrected chi connectivity index (χ4v) is 6.52. The van der Waals surface area contributed by atoms with Gasteiger partial charge in [0.25, 0.3) is 5.56 Å². The van der Waals surface area contributed by atoms with E-state index in [1.165, 1.54) is 15.5 Å². The normalized spacial score (nSPS) is 24.5. The van der Waals surface area contributed by atoms with E-state index in [-0.39, 0.29) is 24.2 Å². The third-order valence-corrected chi connectivity index (χ3v) is 8.34. The minimum Gasteiger partial charge on any atom is -0.309 e. The lowest BCUT2D eigenvalue weighted by molar-refractivity contribution is -0.172. The van der Waals surface area contributed by atoms with Crippen LogP contribution in [0.1, 0.15) is 37.7 Å². The predicted molar refractivity (Wildman–Crippen MR) is 130 cm³/mol. The summed E-state index contributed by atoms with van der Waals surface area (Å²) in [6, 6.07) is 12.4. The van der Waals surface area contributed by atoms with E-state index in [2.05, 4.69) is 6.58 Å². The molecule has 0 bridgehead atoms. The molecule has 4 heterocycles. The average molecular weight is 509 g/mol. The number of hydrogen-bond donors (Lipinski definition) is 0. The molecule has 10 heteroatoms. The lowest BCUT2D eigenvalue weighted by Gasteiger charge is -2.45. The van der Waals surface area contributed by atoms with E-state index in [0.29, 0.717) is 27.2 Å². The van der Waals surface area contributed by atoms with Crippen molar-refractivity contribution in [1.29, 1.82) is 0 Å². The van der Waals surface area contributed by atoms with E-state index in [1.54, 1.807) is 48.5 Å². The molecule has 1 aromatic heterocycles. The van der Waals surface area contributed by atoms with E-state index in [9.17, 15) is 27.6 Å². The Morgan fingerprint density at radius 1 is 1.11 bits per heavy atom. The number of rotatable bonds is 2. The van der Waals surface area contributed by atoms with Crippen molar-refractivity contribution in [2.24, 2.45) is 5.41 Å². The Morgan fingerprint density at radius 3 is 2.49 bits per heavy atom. The largest absolute Gasteiger partial charge is 0.471 e. The SMILES string of the molecule is C=CC(C)(C)[C@@]12C[C@H]3c4nc5ccccc5c(=O)n4CC(=O)N3[C@@H]1N(C(=O)C(F)(F)F)c1ccccc12. The van der Waals surface area contributed by atoms with Crippen molar-refractivity contribution >= 4 is 28.4 Å². The molecule has 3 aliphatic heterocycles. The van der Waals surface area contributed by atoms with Gasteiger partial charge in [-0.25, -0.2) is 4.98 Å². The summed E-state index contributed by atoms with van der Waals surface area (Å²) in [6.45, 7) is 7.26. The van der Waals surface area contributed by atoms with Crippen LogP contribution in [0.3, 0.4) is 0 Å². The van der Waals surface area contributed by atoms with Crippen LogP contribution in [0.2, 0.25) is 0 Å². The van der Waals surface area contributed by atoms with Crippen LogP contribution in [0.5, 0.6) is 0 Å². The standard InChI is InChI=1S/C27H23F3N4O3/c1-4-25(2,3)26-13-19-21-31-17-11-7-5-9-15(17)22(36)32(21)14-20(35)33(19)23(26)34(24(37)27(28,29)30)18-12-8-6-10-16(18)26/h4-12,19,23H,1,13-14H2,2-3H3/t19-,23+,26+/m0/s1. The first-order chi connectivity index (χ1) is 17.4. The van der Waals surface area contributed by atoms with E-state index >= 15 is 0 Å². The van der Waals surface area contributed by atoms with E-state index in [4.69, 9.17) is 4.98 Å². The van der Waals surface area contributed by atoms with Gasteiger partial charge in [-0.1, -0.05) is 50.3 Å². The second-order valence-corrected chi connectivity index (χ2v) is 10.4. The Labute approximate surface area is 209 Å². The molecule has 3 aliphatic rings. The van der Waals surface area contributed by atoms with E-state index in [0.717, 1.165) is 0 Å². The summed E-state index contributed by atoms with van der Waals surface area (Å²) < 4.78 is 43.2. The predicted octanol–water partition coefficient (Wildman–Crippen LogP) is 4.07. The lowest BCUT2D eigenvalue weighted by Crippen LogP contribution is -2.61. The van der Waals surface area contributed by atoms with Gasteiger partial charge < -0.3 is 4.90 Å². The maximum Gasteiger partial charge on any atom is 0.471 e. The first-order valence-electron chi connectivity index (χ1n) is 11.9. The van der Waals surface area contributed by atoms with E-state index in [1.807, 2.05) is 13.8 Å². The Morgan fingerprint density at radius 2 is 1.78 bits per heavy atom. The summed E-state index contributed by atoms with van der Waals surface area (Å²) in [4.78, 5) is 46.7. The minimum atomic E-state index is -5.16. The van der Waals surface area contributed by atoms with Crippen LogP contribution in [0.15, 0.2) is 66.0 Å². The van der Waals surface area contributed by atoms with Gasteiger partial charge in [-0.2, -0.15) is 13.2 Å². The summed E-state index contributed by atoms with van der Waals surface area (Å²) >= 11 is 0. The third-order valence-electron chi connectivity index (χ3n) is 8.34. The number of fused-ring (bicyclic) bond motifs is 8. The summed E-state index contributed by atoms with van der Waals surface area (Å²) in [5.74, 6) is -2.29. The number of aromatic nitrogens is 2. The Hall–Kier alpha value is -3.95. The molecular formula is C27H23F3N4O3. The molecule has 1 saturated heterocycles. The van der Waals surface area contributed by atoms with Gasteiger partial charge in [0, 0.05) is 5.41 Å². The van der Waals surface area contributed by atoms with Crippen LogP contribution in [0.4, 0.5) is 18.9 Å². The molecule has 7 nitrogen and oxygen atoms in total. The molecule has 0 N–H and O–H groups in total. The van der Waals surface area contributed by atoms with Crippen LogP contribution >= 0.6 is 0 Å². The fraction of sp³-hybridized carbons (Fsp3) is 0.333. The third kappa shape index (κ3) is 2.83. The molecule has 0 saturated carbocycles. The molecule has 3 atom stereocenters. The maximum absolute atomic E-state index is 14.0. The zero-order valence-corrected chi connectivity index (χ0v) is 20.1. The second-order valence-electron chi connectivity index (χ2n) is 10.4. The molecule has 0 spiro atoms. The molecule has 2 amide bonds. The van der Waals surface area contributed by atoms with Crippen molar-refractivity contribution in [2.45, 2.75) is 50.6 Å². The number of carbonyl (C=O) groups is 2. The zero-order valence-electron chi connectivity index (χ0n) is 20.1. The van der Waals surface area contributed by atoms with Gasteiger partial charge in [-0.05, 0) is 35.6 Å². The topological polar surface area (TPSA) is 75.5 Å². The number of para-hydroxylation sites is 2. The number of hydrogen-bond acceptors (Lipinski definition) is 4. The molecule has 0 radical (unpaired) electrons. The molecule has 0 aliphatic carbocycles. The van der Waals surface area contributed by atoms with Crippen LogP contribution in [0, 0.1) is 5.41 Å². The highest BCUT2D eigenvalue weighted by Gasteiger charge is 2.70. The second kappa shape index (κ2) is 7.30. The van der Waals surface area contributed by atoms with Crippen molar-refractivity contribution in [2.75, 3.05) is 4.90 Å². The molecule has 0 unspecified atom stereocenters. The van der Waals surface area contributed by atoms with Crippen molar-refractivity contribution in [3.8, 4) is 0 Å². The number of halogens is 3.